The van der Waals surface area contributed by atoms with Gasteiger partial charge in [-0.2, -0.15) is 15.8 Å². The van der Waals surface area contributed by atoms with Crippen LogP contribution in [0.4, 0.5) is 0 Å². The minimum absolute atomic E-state index is 0.257. The molecule has 0 atom stereocenters. The van der Waals surface area contributed by atoms with Gasteiger partial charge in [0.1, 0.15) is 0 Å². The zero-order valence-electron chi connectivity index (χ0n) is 23.7. The lowest BCUT2D eigenvalue weighted by Crippen LogP contribution is -3.14. The van der Waals surface area contributed by atoms with E-state index in [1.807, 2.05) is 18.2 Å². The number of quaternary nitrogens is 1. The van der Waals surface area contributed by atoms with Crippen LogP contribution in [0.3, 0.4) is 0 Å². The van der Waals surface area contributed by atoms with Crippen LogP contribution < -0.4 is 39.5 Å². The minimum atomic E-state index is -4.94. The Balaban J connectivity index is 0.00000130. The number of carbonyl (C=O) groups is 3. The minimum Gasteiger partial charge on any atom is -0.346 e. The largest absolute Gasteiger partial charge is 0.346 e. The maximum absolute atomic E-state index is 12.5. The second-order valence-electron chi connectivity index (χ2n) is 9.21. The number of nitrogens with one attached hydrogen (secondary N) is 4. The van der Waals surface area contributed by atoms with Crippen LogP contribution in [0.5, 0.6) is 0 Å². The van der Waals surface area contributed by atoms with E-state index >= 15 is 0 Å². The summed E-state index contributed by atoms with van der Waals surface area (Å²) in [6, 6.07) is 25.1. The zero-order chi connectivity index (χ0) is 33.2. The summed E-state index contributed by atoms with van der Waals surface area (Å²) in [5, 5.41) is 35.4. The molecule has 232 valence electrons. The van der Waals surface area contributed by atoms with Crippen LogP contribution in [0.25, 0.3) is 0 Å². The lowest BCUT2D eigenvalue weighted by atomic mass is 10.1. The Morgan fingerprint density at radius 1 is 0.533 bits per heavy atom. The summed E-state index contributed by atoms with van der Waals surface area (Å²) < 4.78 is 34.0. The average Bonchev–Trinajstić information content (AvgIpc) is 3.03. The fourth-order valence-corrected chi connectivity index (χ4v) is 3.83. The van der Waals surface area contributed by atoms with E-state index in [-0.39, 0.29) is 17.7 Å². The Morgan fingerprint density at radius 2 is 0.756 bits per heavy atom. The van der Waals surface area contributed by atoms with Crippen LogP contribution in [0.1, 0.15) is 47.8 Å². The summed E-state index contributed by atoms with van der Waals surface area (Å²) in [5.41, 5.74) is 2.76. The van der Waals surface area contributed by atoms with Gasteiger partial charge in [0, 0.05) is 16.7 Å². The standard InChI is InChI=1S/C30H27N7O3.ClHO4/c31-19-22-1-7-25(8-2-22)28(38)34-13-16-37(17-14-35-29(39)26-9-3-23(20-32)4-10-26)18-15-36-30(40)27-11-5-24(21-33)6-12-27;2-1(3,4)5/h1-12H,13-18H2,(H,34,38)(H,35,39)(H,36,40);(H,2,3,4,5). The third-order valence-corrected chi connectivity index (χ3v) is 6.12. The Labute approximate surface area is 261 Å². The van der Waals surface area contributed by atoms with Gasteiger partial charge in [-0.3, -0.25) is 14.4 Å². The molecule has 3 aromatic rings. The van der Waals surface area contributed by atoms with E-state index in [9.17, 15) is 14.4 Å². The second kappa shape index (κ2) is 18.3. The van der Waals surface area contributed by atoms with Crippen molar-refractivity contribution >= 4 is 17.7 Å². The van der Waals surface area contributed by atoms with Crippen LogP contribution >= 0.6 is 0 Å². The van der Waals surface area contributed by atoms with Gasteiger partial charge in [0.25, 0.3) is 17.7 Å². The topological polar surface area (TPSA) is 255 Å². The van der Waals surface area contributed by atoms with Crippen LogP contribution in [0.2, 0.25) is 0 Å². The normalized spacial score (nSPS) is 10.3. The number of carbonyl (C=O) groups excluding carboxylic acids is 3. The van der Waals surface area contributed by atoms with Crippen molar-refractivity contribution in [1.82, 2.24) is 16.0 Å². The quantitative estimate of drug-likeness (QED) is 0.150. The molecule has 0 saturated heterocycles. The van der Waals surface area contributed by atoms with E-state index in [2.05, 4.69) is 16.0 Å². The van der Waals surface area contributed by atoms with Gasteiger partial charge < -0.3 is 20.9 Å². The average molecular weight is 634 g/mol. The van der Waals surface area contributed by atoms with Crippen LogP contribution in [-0.2, 0) is 0 Å². The molecule has 0 bridgehead atoms. The first kappa shape index (κ1) is 35.8. The number of benzene rings is 3. The van der Waals surface area contributed by atoms with Gasteiger partial charge in [-0.1, -0.05) is 0 Å². The van der Waals surface area contributed by atoms with Crippen molar-refractivity contribution < 1.29 is 48.2 Å². The molecule has 0 aliphatic rings. The van der Waals surface area contributed by atoms with Gasteiger partial charge in [0.2, 0.25) is 0 Å². The number of nitrogens with zero attached hydrogens (tertiary/aromatic N) is 3. The molecule has 0 fully saturated rings. The predicted octanol–water partition coefficient (Wildman–Crippen LogP) is -3.98. The summed E-state index contributed by atoms with van der Waals surface area (Å²) in [6.45, 7) is 2.72. The summed E-state index contributed by atoms with van der Waals surface area (Å²) in [4.78, 5) is 38.5. The highest BCUT2D eigenvalue weighted by molar-refractivity contribution is 5.95. The molecular weight excluding hydrogens is 606 g/mol. The molecule has 3 amide bonds. The Hall–Kier alpha value is -5.37. The highest BCUT2D eigenvalue weighted by Crippen LogP contribution is 2.04. The van der Waals surface area contributed by atoms with Crippen molar-refractivity contribution in [3.63, 3.8) is 0 Å². The summed E-state index contributed by atoms with van der Waals surface area (Å²) >= 11 is 0. The number of rotatable bonds is 12. The molecule has 0 heterocycles. The number of amides is 3. The molecule has 0 aliphatic heterocycles. The van der Waals surface area contributed by atoms with Crippen molar-refractivity contribution in [3.8, 4) is 18.2 Å². The highest BCUT2D eigenvalue weighted by Gasteiger charge is 2.14. The number of halogens is 1. The van der Waals surface area contributed by atoms with Crippen LogP contribution in [0, 0.1) is 44.2 Å². The maximum atomic E-state index is 12.5. The molecule has 0 saturated carbocycles. The third-order valence-electron chi connectivity index (χ3n) is 6.12. The maximum Gasteiger partial charge on any atom is 0.251 e. The molecule has 45 heavy (non-hydrogen) atoms. The number of hydrogen-bond acceptors (Lipinski definition) is 10. The van der Waals surface area contributed by atoms with Gasteiger partial charge in [-0.05, 0) is 72.8 Å². The smallest absolute Gasteiger partial charge is 0.251 e. The molecule has 3 aromatic carbocycles. The Kier molecular flexibility index (Phi) is 14.6. The van der Waals surface area contributed by atoms with Gasteiger partial charge >= 0.3 is 0 Å². The van der Waals surface area contributed by atoms with Crippen molar-refractivity contribution in [2.75, 3.05) is 39.3 Å². The van der Waals surface area contributed by atoms with Crippen molar-refractivity contribution in [2.24, 2.45) is 0 Å². The van der Waals surface area contributed by atoms with E-state index in [0.717, 1.165) is 4.90 Å². The molecule has 3 rings (SSSR count). The van der Waals surface area contributed by atoms with E-state index in [1.54, 1.807) is 72.8 Å². The SMILES string of the molecule is N#Cc1ccc(C(=O)NCC[NH+](CCNC(=O)c2ccc(C#N)cc2)CCNC(=O)c2ccc(C#N)cc2)cc1.[O-][Cl+3]([O-])([O-])[O-]. The van der Waals surface area contributed by atoms with Crippen LogP contribution in [0.15, 0.2) is 72.8 Å². The first-order valence-corrected chi connectivity index (χ1v) is 14.5. The Bertz CT molecular complexity index is 1370. The number of hydrogen-bond donors (Lipinski definition) is 4. The zero-order valence-corrected chi connectivity index (χ0v) is 24.5. The first-order chi connectivity index (χ1) is 21.4. The molecular formula is C30H28ClN7O7. The van der Waals surface area contributed by atoms with E-state index in [4.69, 9.17) is 34.4 Å². The number of nitriles is 3. The van der Waals surface area contributed by atoms with E-state index < -0.39 is 10.2 Å². The fourth-order valence-electron chi connectivity index (χ4n) is 3.83. The van der Waals surface area contributed by atoms with Gasteiger partial charge in [0.15, 0.2) is 0 Å². The summed E-state index contributed by atoms with van der Waals surface area (Å²) in [5.74, 6) is -0.772. The first-order valence-electron chi connectivity index (χ1n) is 13.2. The van der Waals surface area contributed by atoms with Crippen LogP contribution in [-0.4, -0.2) is 57.0 Å². The van der Waals surface area contributed by atoms with E-state index in [1.165, 1.54) is 0 Å². The molecule has 0 unspecified atom stereocenters. The summed E-state index contributed by atoms with van der Waals surface area (Å²) in [7, 11) is -4.94. The third kappa shape index (κ3) is 14.1. The molecule has 15 heteroatoms. The van der Waals surface area contributed by atoms with E-state index in [0.29, 0.717) is 72.6 Å². The molecule has 0 spiro atoms. The fraction of sp³-hybridized carbons (Fsp3) is 0.200. The van der Waals surface area contributed by atoms with Crippen molar-refractivity contribution in [3.05, 3.63) is 106 Å². The van der Waals surface area contributed by atoms with Gasteiger partial charge in [-0.15, -0.1) is 10.2 Å². The highest BCUT2D eigenvalue weighted by atomic mass is 35.7. The predicted molar refractivity (Wildman–Crippen MR) is 146 cm³/mol. The molecule has 14 nitrogen and oxygen atoms in total. The molecule has 0 aliphatic carbocycles. The molecule has 0 aromatic heterocycles. The Morgan fingerprint density at radius 3 is 0.956 bits per heavy atom. The lowest BCUT2D eigenvalue weighted by Gasteiger charge is -2.20. The van der Waals surface area contributed by atoms with Crippen molar-refractivity contribution in [2.45, 2.75) is 0 Å². The molecule has 4 N–H and O–H groups in total. The lowest BCUT2D eigenvalue weighted by molar-refractivity contribution is -2.00. The van der Waals surface area contributed by atoms with Crippen molar-refractivity contribution in [1.29, 1.82) is 15.8 Å². The molecule has 0 radical (unpaired) electrons. The van der Waals surface area contributed by atoms with Gasteiger partial charge in [0.05, 0.1) is 74.2 Å². The van der Waals surface area contributed by atoms with Gasteiger partial charge in [-0.25, -0.2) is 18.6 Å². The monoisotopic (exact) mass is 633 g/mol. The second-order valence-corrected chi connectivity index (χ2v) is 9.97. The summed E-state index contributed by atoms with van der Waals surface area (Å²) in [6.07, 6.45) is 0.